The second-order valence-corrected chi connectivity index (χ2v) is 6.19. The summed E-state index contributed by atoms with van der Waals surface area (Å²) in [5, 5.41) is 3.62. The van der Waals surface area contributed by atoms with Gasteiger partial charge in [-0.05, 0) is 30.6 Å². The summed E-state index contributed by atoms with van der Waals surface area (Å²) < 4.78 is 45.0. The number of hydrogen-bond donors (Lipinski definition) is 1. The standard InChI is InChI=1S/C16H13F3N4O3S/c1-2-22-14(25)13-11(8-27-21-13)23(15(22)26)7-12(24)20-10-6-4-3-5-9(10)16(17,18)19/h3-6,8H,2,7H2,1H3,(H,20,24). The van der Waals surface area contributed by atoms with Gasteiger partial charge in [0.2, 0.25) is 5.91 Å². The van der Waals surface area contributed by atoms with E-state index in [-0.39, 0.29) is 17.6 Å². The first-order valence-electron chi connectivity index (χ1n) is 7.77. The highest BCUT2D eigenvalue weighted by Crippen LogP contribution is 2.34. The van der Waals surface area contributed by atoms with Crippen LogP contribution in [-0.4, -0.2) is 19.4 Å². The molecule has 2 aromatic heterocycles. The van der Waals surface area contributed by atoms with Crippen LogP contribution in [0.5, 0.6) is 0 Å². The number of carbonyl (C=O) groups is 1. The highest BCUT2D eigenvalue weighted by Gasteiger charge is 2.33. The minimum Gasteiger partial charge on any atom is -0.324 e. The summed E-state index contributed by atoms with van der Waals surface area (Å²) in [5.41, 5.74) is -2.51. The minimum atomic E-state index is -4.64. The van der Waals surface area contributed by atoms with E-state index in [1.54, 1.807) is 6.92 Å². The molecule has 0 aliphatic rings. The van der Waals surface area contributed by atoms with E-state index in [9.17, 15) is 27.6 Å². The van der Waals surface area contributed by atoms with Gasteiger partial charge in [0.25, 0.3) is 5.56 Å². The van der Waals surface area contributed by atoms with Gasteiger partial charge in [-0.15, -0.1) is 0 Å². The first kappa shape index (κ1) is 18.8. The lowest BCUT2D eigenvalue weighted by molar-refractivity contribution is -0.137. The molecule has 27 heavy (non-hydrogen) atoms. The number of anilines is 1. The van der Waals surface area contributed by atoms with E-state index in [0.29, 0.717) is 0 Å². The third-order valence-electron chi connectivity index (χ3n) is 3.88. The fraction of sp³-hybridized carbons (Fsp3) is 0.250. The number of rotatable bonds is 4. The van der Waals surface area contributed by atoms with Crippen molar-refractivity contribution in [3.63, 3.8) is 0 Å². The predicted molar refractivity (Wildman–Crippen MR) is 93.9 cm³/mol. The van der Waals surface area contributed by atoms with Gasteiger partial charge in [-0.1, -0.05) is 12.1 Å². The maximum Gasteiger partial charge on any atom is 0.418 e. The lowest BCUT2D eigenvalue weighted by Gasteiger charge is -2.14. The predicted octanol–water partition coefficient (Wildman–Crippen LogP) is 2.30. The number of nitrogens with zero attached hydrogens (tertiary/aromatic N) is 3. The lowest BCUT2D eigenvalue weighted by atomic mass is 10.1. The van der Waals surface area contributed by atoms with Crippen molar-refractivity contribution in [3.8, 4) is 0 Å². The average Bonchev–Trinajstić information content (AvgIpc) is 3.08. The maximum absolute atomic E-state index is 13.0. The third kappa shape index (κ3) is 3.50. The Morgan fingerprint density at radius 3 is 2.59 bits per heavy atom. The van der Waals surface area contributed by atoms with Crippen LogP contribution in [-0.2, 0) is 24.1 Å². The number of alkyl halides is 3. The van der Waals surface area contributed by atoms with Gasteiger partial charge in [-0.3, -0.25) is 18.7 Å². The molecule has 0 aliphatic carbocycles. The van der Waals surface area contributed by atoms with Crippen molar-refractivity contribution in [1.82, 2.24) is 13.5 Å². The number of para-hydroxylation sites is 1. The van der Waals surface area contributed by atoms with Crippen molar-refractivity contribution in [2.45, 2.75) is 26.2 Å². The molecular formula is C16H13F3N4O3S. The molecule has 1 amide bonds. The number of halogens is 3. The van der Waals surface area contributed by atoms with E-state index in [1.165, 1.54) is 17.5 Å². The molecule has 142 valence electrons. The van der Waals surface area contributed by atoms with Gasteiger partial charge < -0.3 is 5.32 Å². The summed E-state index contributed by atoms with van der Waals surface area (Å²) in [7, 11) is 0. The Kier molecular flexibility index (Phi) is 4.87. The number of aromatic nitrogens is 3. The smallest absolute Gasteiger partial charge is 0.324 e. The molecule has 0 fully saturated rings. The number of carbonyl (C=O) groups excluding carboxylic acids is 1. The van der Waals surface area contributed by atoms with Crippen molar-refractivity contribution in [1.29, 1.82) is 0 Å². The van der Waals surface area contributed by atoms with Gasteiger partial charge in [0.15, 0.2) is 5.52 Å². The number of nitrogens with one attached hydrogen (secondary N) is 1. The molecule has 2 heterocycles. The van der Waals surface area contributed by atoms with Gasteiger partial charge in [0, 0.05) is 11.9 Å². The number of benzene rings is 1. The Balaban J connectivity index is 1.98. The molecule has 0 unspecified atom stereocenters. The van der Waals surface area contributed by atoms with Gasteiger partial charge in [-0.25, -0.2) is 4.79 Å². The summed E-state index contributed by atoms with van der Waals surface area (Å²) in [5.74, 6) is -0.831. The Morgan fingerprint density at radius 2 is 1.93 bits per heavy atom. The van der Waals surface area contributed by atoms with Crippen LogP contribution in [0.4, 0.5) is 18.9 Å². The van der Waals surface area contributed by atoms with Crippen LogP contribution in [0, 0.1) is 0 Å². The maximum atomic E-state index is 13.0. The molecule has 7 nitrogen and oxygen atoms in total. The van der Waals surface area contributed by atoms with Crippen LogP contribution >= 0.6 is 11.5 Å². The Morgan fingerprint density at radius 1 is 1.22 bits per heavy atom. The zero-order chi connectivity index (χ0) is 19.8. The number of fused-ring (bicyclic) bond motifs is 1. The molecule has 0 bridgehead atoms. The van der Waals surface area contributed by atoms with Crippen molar-refractivity contribution >= 4 is 34.2 Å². The topological polar surface area (TPSA) is 86.0 Å². The molecular weight excluding hydrogens is 385 g/mol. The van der Waals surface area contributed by atoms with E-state index in [4.69, 9.17) is 0 Å². The zero-order valence-electron chi connectivity index (χ0n) is 13.9. The number of hydrogen-bond acceptors (Lipinski definition) is 5. The van der Waals surface area contributed by atoms with Crippen LogP contribution < -0.4 is 16.6 Å². The first-order chi connectivity index (χ1) is 12.7. The highest BCUT2D eigenvalue weighted by molar-refractivity contribution is 7.04. The molecule has 1 N–H and O–H groups in total. The van der Waals surface area contributed by atoms with Gasteiger partial charge in [-0.2, -0.15) is 17.5 Å². The second kappa shape index (κ2) is 6.99. The summed E-state index contributed by atoms with van der Waals surface area (Å²) in [6.07, 6.45) is -4.64. The summed E-state index contributed by atoms with van der Waals surface area (Å²) in [6, 6.07) is 4.54. The van der Waals surface area contributed by atoms with E-state index < -0.39 is 41.1 Å². The Hall–Kier alpha value is -2.95. The van der Waals surface area contributed by atoms with Crippen molar-refractivity contribution in [3.05, 3.63) is 56.0 Å². The van der Waals surface area contributed by atoms with Gasteiger partial charge in [0.1, 0.15) is 6.54 Å². The van der Waals surface area contributed by atoms with Crippen molar-refractivity contribution in [2.24, 2.45) is 0 Å². The quantitative estimate of drug-likeness (QED) is 0.731. The van der Waals surface area contributed by atoms with Crippen LogP contribution in [0.3, 0.4) is 0 Å². The molecule has 11 heteroatoms. The van der Waals surface area contributed by atoms with E-state index >= 15 is 0 Å². The summed E-state index contributed by atoms with van der Waals surface area (Å²) in [6.45, 7) is 1.11. The van der Waals surface area contributed by atoms with Gasteiger partial charge in [0.05, 0.1) is 16.8 Å². The molecule has 0 saturated carbocycles. The average molecular weight is 398 g/mol. The monoisotopic (exact) mass is 398 g/mol. The van der Waals surface area contributed by atoms with E-state index in [2.05, 4.69) is 9.69 Å². The largest absolute Gasteiger partial charge is 0.418 e. The van der Waals surface area contributed by atoms with Crippen LogP contribution in [0.1, 0.15) is 12.5 Å². The normalized spacial score (nSPS) is 11.7. The summed E-state index contributed by atoms with van der Waals surface area (Å²) in [4.78, 5) is 37.0. The fourth-order valence-corrected chi connectivity index (χ4v) is 3.31. The van der Waals surface area contributed by atoms with E-state index in [1.807, 2.05) is 0 Å². The van der Waals surface area contributed by atoms with Crippen molar-refractivity contribution < 1.29 is 18.0 Å². The third-order valence-corrected chi connectivity index (χ3v) is 4.49. The molecule has 0 aliphatic heterocycles. The zero-order valence-corrected chi connectivity index (χ0v) is 14.7. The highest BCUT2D eigenvalue weighted by atomic mass is 32.1. The molecule has 1 aromatic carbocycles. The number of amides is 1. The fourth-order valence-electron chi connectivity index (χ4n) is 2.64. The Bertz CT molecular complexity index is 1130. The molecule has 3 rings (SSSR count). The molecule has 0 saturated heterocycles. The molecule has 3 aromatic rings. The second-order valence-electron chi connectivity index (χ2n) is 5.56. The van der Waals surface area contributed by atoms with Crippen LogP contribution in [0.15, 0.2) is 39.2 Å². The van der Waals surface area contributed by atoms with Gasteiger partial charge >= 0.3 is 11.9 Å². The molecule has 0 spiro atoms. The molecule has 0 radical (unpaired) electrons. The van der Waals surface area contributed by atoms with Crippen LogP contribution in [0.2, 0.25) is 0 Å². The summed E-state index contributed by atoms with van der Waals surface area (Å²) >= 11 is 0.942. The SMILES string of the molecule is CCn1c(=O)c2nscc2n(CC(=O)Nc2ccccc2C(F)(F)F)c1=O. The first-order valence-corrected chi connectivity index (χ1v) is 8.61. The van der Waals surface area contributed by atoms with Crippen LogP contribution in [0.25, 0.3) is 11.0 Å². The van der Waals surface area contributed by atoms with Crippen molar-refractivity contribution in [2.75, 3.05) is 5.32 Å². The molecule has 0 atom stereocenters. The lowest BCUT2D eigenvalue weighted by Crippen LogP contribution is -2.41. The minimum absolute atomic E-state index is 0.0324. The Labute approximate surface area is 153 Å². The van der Waals surface area contributed by atoms with E-state index in [0.717, 1.165) is 32.8 Å².